The summed E-state index contributed by atoms with van der Waals surface area (Å²) in [6.45, 7) is 6.95. The van der Waals surface area contributed by atoms with Crippen LogP contribution in [-0.2, 0) is 4.74 Å². The zero-order valence-electron chi connectivity index (χ0n) is 8.11. The number of hydrogen-bond acceptors (Lipinski definition) is 3. The summed E-state index contributed by atoms with van der Waals surface area (Å²) in [4.78, 5) is 5.30. The second-order valence-corrected chi connectivity index (χ2v) is 4.51. The van der Waals surface area contributed by atoms with Crippen LogP contribution < -0.4 is 0 Å². The molecule has 74 valence electrons. The van der Waals surface area contributed by atoms with Gasteiger partial charge in [0.15, 0.2) is 0 Å². The van der Waals surface area contributed by atoms with Crippen molar-refractivity contribution in [2.75, 3.05) is 39.4 Å². The Morgan fingerprint density at radius 3 is 2.85 bits per heavy atom. The molecule has 0 radical (unpaired) electrons. The minimum Gasteiger partial charge on any atom is -0.378 e. The van der Waals surface area contributed by atoms with Crippen LogP contribution in [0.5, 0.6) is 0 Å². The van der Waals surface area contributed by atoms with Gasteiger partial charge in [0.05, 0.1) is 13.2 Å². The maximum absolute atomic E-state index is 5.52. The molecule has 0 bridgehead atoms. The van der Waals surface area contributed by atoms with Gasteiger partial charge in [-0.3, -0.25) is 9.80 Å². The molecule has 3 nitrogen and oxygen atoms in total. The maximum atomic E-state index is 5.52. The number of ether oxygens (including phenoxy) is 1. The number of morpholine rings is 1. The smallest absolute Gasteiger partial charge is 0.0634 e. The fourth-order valence-electron chi connectivity index (χ4n) is 2.98. The molecule has 3 rings (SSSR count). The van der Waals surface area contributed by atoms with Gasteiger partial charge in [-0.15, -0.1) is 0 Å². The third-order valence-electron chi connectivity index (χ3n) is 3.74. The van der Waals surface area contributed by atoms with E-state index in [1.54, 1.807) is 0 Å². The lowest BCUT2D eigenvalue weighted by Crippen LogP contribution is -2.60. The second kappa shape index (κ2) is 3.23. The van der Waals surface area contributed by atoms with Crippen LogP contribution in [0.3, 0.4) is 0 Å². The summed E-state index contributed by atoms with van der Waals surface area (Å²) >= 11 is 0. The van der Waals surface area contributed by atoms with Crippen molar-refractivity contribution < 1.29 is 4.74 Å². The fourth-order valence-corrected chi connectivity index (χ4v) is 2.98. The number of rotatable bonds is 0. The highest BCUT2D eigenvalue weighted by Crippen LogP contribution is 2.25. The molecule has 0 aliphatic carbocycles. The minimum absolute atomic E-state index is 0.697. The van der Waals surface area contributed by atoms with Crippen molar-refractivity contribution in [1.29, 1.82) is 0 Å². The highest BCUT2D eigenvalue weighted by atomic mass is 16.5. The van der Waals surface area contributed by atoms with Crippen LogP contribution in [0.1, 0.15) is 12.8 Å². The Morgan fingerprint density at radius 1 is 1.00 bits per heavy atom. The molecular weight excluding hydrogens is 164 g/mol. The van der Waals surface area contributed by atoms with Crippen molar-refractivity contribution in [3.63, 3.8) is 0 Å². The van der Waals surface area contributed by atoms with Crippen LogP contribution in [-0.4, -0.2) is 61.3 Å². The van der Waals surface area contributed by atoms with E-state index in [0.717, 1.165) is 25.8 Å². The quantitative estimate of drug-likeness (QED) is 0.531. The molecule has 3 heteroatoms. The number of nitrogens with zero attached hydrogens (tertiary/aromatic N) is 2. The third kappa shape index (κ3) is 1.39. The number of hydrogen-bond donors (Lipinski definition) is 0. The van der Waals surface area contributed by atoms with Gasteiger partial charge in [-0.25, -0.2) is 0 Å². The summed E-state index contributed by atoms with van der Waals surface area (Å²) in [6, 6.07) is 1.57. The molecule has 3 heterocycles. The lowest BCUT2D eigenvalue weighted by Gasteiger charge is -2.45. The van der Waals surface area contributed by atoms with E-state index in [4.69, 9.17) is 4.74 Å². The van der Waals surface area contributed by atoms with E-state index in [0.29, 0.717) is 6.04 Å². The molecule has 3 aliphatic rings. The van der Waals surface area contributed by atoms with Gasteiger partial charge in [0.2, 0.25) is 0 Å². The summed E-state index contributed by atoms with van der Waals surface area (Å²) in [5.74, 6) is 0. The Labute approximate surface area is 79.6 Å². The van der Waals surface area contributed by atoms with Crippen molar-refractivity contribution >= 4 is 0 Å². The maximum Gasteiger partial charge on any atom is 0.0634 e. The predicted octanol–water partition coefficient (Wildman–Crippen LogP) is 0.165. The van der Waals surface area contributed by atoms with E-state index in [1.807, 2.05) is 0 Å². The summed E-state index contributed by atoms with van der Waals surface area (Å²) < 4.78 is 5.52. The molecule has 0 aromatic carbocycles. The van der Waals surface area contributed by atoms with E-state index in [-0.39, 0.29) is 0 Å². The lowest BCUT2D eigenvalue weighted by atomic mass is 10.1. The Kier molecular flexibility index (Phi) is 2.04. The molecule has 0 amide bonds. The zero-order chi connectivity index (χ0) is 8.67. The van der Waals surface area contributed by atoms with Crippen LogP contribution in [0, 0.1) is 0 Å². The Hall–Kier alpha value is -0.120. The molecule has 0 N–H and O–H groups in total. The van der Waals surface area contributed by atoms with Crippen LogP contribution >= 0.6 is 0 Å². The Bertz CT molecular complexity index is 177. The van der Waals surface area contributed by atoms with Crippen LogP contribution in [0.2, 0.25) is 0 Å². The van der Waals surface area contributed by atoms with Gasteiger partial charge >= 0.3 is 0 Å². The van der Waals surface area contributed by atoms with E-state index in [2.05, 4.69) is 9.80 Å². The van der Waals surface area contributed by atoms with Crippen LogP contribution in [0.4, 0.5) is 0 Å². The molecule has 0 aromatic rings. The summed E-state index contributed by atoms with van der Waals surface area (Å²) in [6.07, 6.45) is 2.83. The molecule has 13 heavy (non-hydrogen) atoms. The van der Waals surface area contributed by atoms with Crippen molar-refractivity contribution in [3.05, 3.63) is 0 Å². The standard InChI is InChI=1S/C10H18N2O/c1-2-9-6-12-4-5-13-8-10(12)7-11(9)3-1/h9-10H,1-8H2/t9-,10?/m0/s1. The SMILES string of the molecule is C1C[C@H]2CN3CCOCC3CN2C1. The number of piperazine rings is 1. The first kappa shape index (κ1) is 8.21. The Balaban J connectivity index is 1.71. The van der Waals surface area contributed by atoms with Crippen molar-refractivity contribution in [2.24, 2.45) is 0 Å². The second-order valence-electron chi connectivity index (χ2n) is 4.51. The highest BCUT2D eigenvalue weighted by Gasteiger charge is 2.37. The molecule has 3 aliphatic heterocycles. The number of fused-ring (bicyclic) bond motifs is 2. The molecule has 0 aromatic heterocycles. The van der Waals surface area contributed by atoms with Gasteiger partial charge in [-0.2, -0.15) is 0 Å². The van der Waals surface area contributed by atoms with Gasteiger partial charge in [0.25, 0.3) is 0 Å². The lowest BCUT2D eigenvalue weighted by molar-refractivity contribution is -0.0545. The minimum atomic E-state index is 0.697. The normalized spacial score (nSPS) is 41.5. The summed E-state index contributed by atoms with van der Waals surface area (Å²) in [5.41, 5.74) is 0. The van der Waals surface area contributed by atoms with Crippen molar-refractivity contribution in [2.45, 2.75) is 24.9 Å². The molecule has 0 spiro atoms. The van der Waals surface area contributed by atoms with E-state index >= 15 is 0 Å². The summed E-state index contributed by atoms with van der Waals surface area (Å²) in [7, 11) is 0. The van der Waals surface area contributed by atoms with Gasteiger partial charge in [0, 0.05) is 31.7 Å². The molecule has 3 fully saturated rings. The first-order valence-corrected chi connectivity index (χ1v) is 5.49. The van der Waals surface area contributed by atoms with Gasteiger partial charge in [-0.05, 0) is 19.4 Å². The largest absolute Gasteiger partial charge is 0.378 e. The topological polar surface area (TPSA) is 15.7 Å². The van der Waals surface area contributed by atoms with Gasteiger partial charge in [0.1, 0.15) is 0 Å². The first-order valence-electron chi connectivity index (χ1n) is 5.49. The predicted molar refractivity (Wildman–Crippen MR) is 50.8 cm³/mol. The average molecular weight is 182 g/mol. The van der Waals surface area contributed by atoms with Gasteiger partial charge in [-0.1, -0.05) is 0 Å². The van der Waals surface area contributed by atoms with E-state index in [1.165, 1.54) is 32.5 Å². The summed E-state index contributed by atoms with van der Waals surface area (Å²) in [5, 5.41) is 0. The molecule has 2 atom stereocenters. The van der Waals surface area contributed by atoms with E-state index < -0.39 is 0 Å². The van der Waals surface area contributed by atoms with E-state index in [9.17, 15) is 0 Å². The van der Waals surface area contributed by atoms with Crippen LogP contribution in [0.25, 0.3) is 0 Å². The van der Waals surface area contributed by atoms with Crippen LogP contribution in [0.15, 0.2) is 0 Å². The first-order chi connectivity index (χ1) is 6.43. The van der Waals surface area contributed by atoms with Crippen molar-refractivity contribution in [1.82, 2.24) is 9.80 Å². The Morgan fingerprint density at radius 2 is 1.85 bits per heavy atom. The fraction of sp³-hybridized carbons (Fsp3) is 1.00. The monoisotopic (exact) mass is 182 g/mol. The van der Waals surface area contributed by atoms with Gasteiger partial charge < -0.3 is 4.74 Å². The molecule has 3 saturated heterocycles. The highest BCUT2D eigenvalue weighted by molar-refractivity contribution is 4.93. The molecule has 0 saturated carbocycles. The third-order valence-corrected chi connectivity index (χ3v) is 3.74. The molecular formula is C10H18N2O. The van der Waals surface area contributed by atoms with Crippen molar-refractivity contribution in [3.8, 4) is 0 Å². The average Bonchev–Trinajstić information content (AvgIpc) is 2.61. The zero-order valence-corrected chi connectivity index (χ0v) is 8.11. The molecule has 1 unspecified atom stereocenters.